The van der Waals surface area contributed by atoms with E-state index in [2.05, 4.69) is 5.10 Å². The van der Waals surface area contributed by atoms with Crippen LogP contribution >= 0.6 is 0 Å². The summed E-state index contributed by atoms with van der Waals surface area (Å²) in [5.41, 5.74) is -4.32. The second-order valence-corrected chi connectivity index (χ2v) is 7.14. The maximum atomic E-state index is 14.1. The van der Waals surface area contributed by atoms with Gasteiger partial charge in [0.2, 0.25) is 10.0 Å². The van der Waals surface area contributed by atoms with Crippen molar-refractivity contribution < 1.29 is 34.8 Å². The van der Waals surface area contributed by atoms with Crippen LogP contribution in [0.3, 0.4) is 0 Å². The summed E-state index contributed by atoms with van der Waals surface area (Å²) >= 11 is 0. The summed E-state index contributed by atoms with van der Waals surface area (Å²) in [6, 6.07) is 2.65. The van der Waals surface area contributed by atoms with E-state index < -0.39 is 60.9 Å². The monoisotopic (exact) mass is 421 g/mol. The maximum absolute atomic E-state index is 14.1. The molecule has 0 saturated heterocycles. The van der Waals surface area contributed by atoms with Crippen LogP contribution in [0, 0.1) is 17.5 Å². The molecule has 5 nitrogen and oxygen atoms in total. The lowest BCUT2D eigenvalue weighted by Gasteiger charge is -2.18. The standard InChI is InChI=1S/C16H9F6N3O2S/c17-9-6-11(18)14(12(19)7-9)8-4-10(16(20,21)22)15(25-3-1-2-24-25)13(5-8)28(23,26)27/h1-7H,(H2,23,26,27). The number of rotatable bonds is 3. The Kier molecular flexibility index (Phi) is 4.71. The Labute approximate surface area is 154 Å². The minimum absolute atomic E-state index is 0.254. The quantitative estimate of drug-likeness (QED) is 0.657. The number of benzene rings is 2. The summed E-state index contributed by atoms with van der Waals surface area (Å²) in [4.78, 5) is -1.07. The van der Waals surface area contributed by atoms with Crippen LogP contribution in [0.4, 0.5) is 26.3 Å². The van der Waals surface area contributed by atoms with Crippen LogP contribution in [0.15, 0.2) is 47.6 Å². The molecule has 0 amide bonds. The van der Waals surface area contributed by atoms with Gasteiger partial charge in [-0.25, -0.2) is 31.4 Å². The normalized spacial score (nSPS) is 12.4. The Morgan fingerprint density at radius 1 is 1.00 bits per heavy atom. The van der Waals surface area contributed by atoms with Crippen LogP contribution in [0.25, 0.3) is 16.8 Å². The van der Waals surface area contributed by atoms with Gasteiger partial charge in [-0.15, -0.1) is 0 Å². The minimum Gasteiger partial charge on any atom is -0.239 e. The van der Waals surface area contributed by atoms with Crippen molar-refractivity contribution in [3.05, 3.63) is 65.7 Å². The van der Waals surface area contributed by atoms with Crippen LogP contribution in [0.2, 0.25) is 0 Å². The van der Waals surface area contributed by atoms with E-state index in [1.54, 1.807) is 0 Å². The molecule has 0 aliphatic rings. The van der Waals surface area contributed by atoms with Crippen molar-refractivity contribution in [2.75, 3.05) is 0 Å². The number of sulfonamides is 1. The summed E-state index contributed by atoms with van der Waals surface area (Å²) in [6.07, 6.45) is -3.00. The number of nitrogens with zero attached hydrogens (tertiary/aromatic N) is 2. The third-order valence-corrected chi connectivity index (χ3v) is 4.64. The molecule has 148 valence electrons. The molecule has 1 aromatic heterocycles. The molecule has 3 aromatic rings. The van der Waals surface area contributed by atoms with Crippen molar-refractivity contribution in [1.82, 2.24) is 9.78 Å². The number of primary sulfonamides is 1. The molecule has 12 heteroatoms. The zero-order chi connectivity index (χ0) is 20.9. The third kappa shape index (κ3) is 3.60. The lowest BCUT2D eigenvalue weighted by atomic mass is 10.00. The van der Waals surface area contributed by atoms with Gasteiger partial charge in [0, 0.05) is 24.5 Å². The van der Waals surface area contributed by atoms with E-state index in [1.165, 1.54) is 6.07 Å². The van der Waals surface area contributed by atoms with Crippen LogP contribution < -0.4 is 5.14 Å². The van der Waals surface area contributed by atoms with Crippen LogP contribution in [0.5, 0.6) is 0 Å². The van der Waals surface area contributed by atoms with E-state index in [-0.39, 0.29) is 12.1 Å². The average Bonchev–Trinajstić information content (AvgIpc) is 3.05. The summed E-state index contributed by atoms with van der Waals surface area (Å²) in [5, 5.41) is 8.62. The van der Waals surface area contributed by atoms with Crippen LogP contribution in [0.1, 0.15) is 5.56 Å². The van der Waals surface area contributed by atoms with Crippen molar-refractivity contribution in [2.24, 2.45) is 5.14 Å². The maximum Gasteiger partial charge on any atom is 0.418 e. The molecule has 28 heavy (non-hydrogen) atoms. The lowest BCUT2D eigenvalue weighted by Crippen LogP contribution is -2.20. The molecule has 3 rings (SSSR count). The van der Waals surface area contributed by atoms with Crippen molar-refractivity contribution >= 4 is 10.0 Å². The van der Waals surface area contributed by atoms with E-state index in [0.29, 0.717) is 16.8 Å². The van der Waals surface area contributed by atoms with Gasteiger partial charge in [0.1, 0.15) is 22.3 Å². The minimum atomic E-state index is -5.14. The average molecular weight is 421 g/mol. The molecular formula is C16H9F6N3O2S. The summed E-state index contributed by atoms with van der Waals surface area (Å²) in [6.45, 7) is 0. The fourth-order valence-electron chi connectivity index (χ4n) is 2.64. The highest BCUT2D eigenvalue weighted by Gasteiger charge is 2.38. The third-order valence-electron chi connectivity index (χ3n) is 3.72. The lowest BCUT2D eigenvalue weighted by molar-refractivity contribution is -0.137. The fraction of sp³-hybridized carbons (Fsp3) is 0.0625. The second kappa shape index (κ2) is 6.63. The van der Waals surface area contributed by atoms with Crippen LogP contribution in [-0.2, 0) is 16.2 Å². The number of nitrogens with two attached hydrogens (primary N) is 1. The predicted molar refractivity (Wildman–Crippen MR) is 85.2 cm³/mol. The first kappa shape index (κ1) is 19.9. The molecule has 2 aromatic carbocycles. The van der Waals surface area contributed by atoms with Gasteiger partial charge in [-0.3, -0.25) is 0 Å². The topological polar surface area (TPSA) is 78.0 Å². The van der Waals surface area contributed by atoms with Gasteiger partial charge in [0.25, 0.3) is 0 Å². The number of alkyl halides is 3. The van der Waals surface area contributed by atoms with Gasteiger partial charge < -0.3 is 0 Å². The van der Waals surface area contributed by atoms with Gasteiger partial charge in [-0.1, -0.05) is 0 Å². The van der Waals surface area contributed by atoms with E-state index >= 15 is 0 Å². The first-order chi connectivity index (χ1) is 12.9. The van der Waals surface area contributed by atoms with E-state index in [4.69, 9.17) is 5.14 Å². The second-order valence-electron chi connectivity index (χ2n) is 5.61. The molecule has 0 aliphatic heterocycles. The molecular weight excluding hydrogens is 412 g/mol. The highest BCUT2D eigenvalue weighted by molar-refractivity contribution is 7.89. The fourth-order valence-corrected chi connectivity index (χ4v) is 3.40. The van der Waals surface area contributed by atoms with E-state index in [9.17, 15) is 34.8 Å². The van der Waals surface area contributed by atoms with Gasteiger partial charge >= 0.3 is 6.18 Å². The Bertz CT molecular complexity index is 1130. The number of hydrogen-bond donors (Lipinski definition) is 1. The number of halogens is 6. The van der Waals surface area contributed by atoms with Gasteiger partial charge in [-0.05, 0) is 23.8 Å². The molecule has 0 radical (unpaired) electrons. The van der Waals surface area contributed by atoms with Crippen LogP contribution in [-0.4, -0.2) is 18.2 Å². The first-order valence-corrected chi connectivity index (χ1v) is 8.87. The molecule has 0 saturated carbocycles. The predicted octanol–water partition coefficient (Wildman–Crippen LogP) is 3.62. The Balaban J connectivity index is 2.47. The molecule has 0 spiro atoms. The van der Waals surface area contributed by atoms with Crippen molar-refractivity contribution in [2.45, 2.75) is 11.1 Å². The zero-order valence-corrected chi connectivity index (χ0v) is 14.3. The summed E-state index contributed by atoms with van der Waals surface area (Å²) in [7, 11) is -4.79. The summed E-state index contributed by atoms with van der Waals surface area (Å²) < 4.78 is 107. The van der Waals surface area contributed by atoms with Gasteiger partial charge in [0.15, 0.2) is 0 Å². The first-order valence-electron chi connectivity index (χ1n) is 7.32. The van der Waals surface area contributed by atoms with Crippen molar-refractivity contribution in [1.29, 1.82) is 0 Å². The van der Waals surface area contributed by atoms with Crippen molar-refractivity contribution in [3.63, 3.8) is 0 Å². The number of aromatic nitrogens is 2. The van der Waals surface area contributed by atoms with E-state index in [0.717, 1.165) is 12.4 Å². The van der Waals surface area contributed by atoms with Gasteiger partial charge in [0.05, 0.1) is 16.8 Å². The molecule has 0 fully saturated rings. The number of hydrogen-bond acceptors (Lipinski definition) is 3. The Hall–Kier alpha value is -2.86. The van der Waals surface area contributed by atoms with E-state index in [1.807, 2.05) is 0 Å². The Morgan fingerprint density at radius 3 is 2.07 bits per heavy atom. The smallest absolute Gasteiger partial charge is 0.239 e. The summed E-state index contributed by atoms with van der Waals surface area (Å²) in [5.74, 6) is -4.33. The molecule has 1 heterocycles. The highest BCUT2D eigenvalue weighted by Crippen LogP contribution is 2.40. The highest BCUT2D eigenvalue weighted by atomic mass is 32.2. The Morgan fingerprint density at radius 2 is 1.61 bits per heavy atom. The largest absolute Gasteiger partial charge is 0.418 e. The molecule has 0 unspecified atom stereocenters. The zero-order valence-electron chi connectivity index (χ0n) is 13.5. The van der Waals surface area contributed by atoms with Gasteiger partial charge in [-0.2, -0.15) is 18.3 Å². The van der Waals surface area contributed by atoms with Crippen molar-refractivity contribution in [3.8, 4) is 16.8 Å². The molecule has 0 atom stereocenters. The molecule has 2 N–H and O–H groups in total. The molecule has 0 bridgehead atoms. The SMILES string of the molecule is NS(=O)(=O)c1cc(-c2c(F)cc(F)cc2F)cc(C(F)(F)F)c1-n1cccn1. The molecule has 0 aliphatic carbocycles.